The largest absolute Gasteiger partial charge is 0.451 e. The van der Waals surface area contributed by atoms with Crippen molar-refractivity contribution in [1.82, 2.24) is 20.3 Å². The van der Waals surface area contributed by atoms with Crippen LogP contribution in [-0.4, -0.2) is 39.0 Å². The Hall–Kier alpha value is -2.92. The van der Waals surface area contributed by atoms with Crippen LogP contribution in [0.1, 0.15) is 35.9 Å². The number of esters is 1. The second-order valence-electron chi connectivity index (χ2n) is 6.62. The molecule has 1 heterocycles. The van der Waals surface area contributed by atoms with Crippen molar-refractivity contribution in [3.8, 4) is 11.8 Å². The van der Waals surface area contributed by atoms with Crippen LogP contribution in [0.15, 0.2) is 24.3 Å². The van der Waals surface area contributed by atoms with Gasteiger partial charge in [-0.15, -0.1) is 5.10 Å². The number of nitrogens with one attached hydrogen (secondary N) is 1. The number of ether oxygens (including phenoxy) is 1. The highest BCUT2D eigenvalue weighted by atomic mass is 35.5. The molecule has 1 aromatic carbocycles. The van der Waals surface area contributed by atoms with E-state index in [-0.39, 0.29) is 11.6 Å². The number of carbonyl (C=O) groups excluding carboxylic acids is 2. The zero-order valence-corrected chi connectivity index (χ0v) is 15.7. The normalized spacial score (nSPS) is 15.5. The second kappa shape index (κ2) is 7.37. The van der Waals surface area contributed by atoms with Crippen LogP contribution >= 0.6 is 11.6 Å². The van der Waals surface area contributed by atoms with Gasteiger partial charge < -0.3 is 10.1 Å². The highest BCUT2D eigenvalue weighted by molar-refractivity contribution is 6.30. The summed E-state index contributed by atoms with van der Waals surface area (Å²) in [5.41, 5.74) is 0.0274. The summed E-state index contributed by atoms with van der Waals surface area (Å²) in [6.07, 6.45) is 1.80. The van der Waals surface area contributed by atoms with E-state index in [4.69, 9.17) is 16.3 Å². The van der Waals surface area contributed by atoms with Crippen molar-refractivity contribution in [2.45, 2.75) is 32.2 Å². The van der Waals surface area contributed by atoms with Gasteiger partial charge in [-0.25, -0.2) is 4.79 Å². The van der Waals surface area contributed by atoms with Gasteiger partial charge in [0.25, 0.3) is 5.91 Å². The fraction of sp³-hybridized carbons (Fsp3) is 0.389. The zero-order chi connectivity index (χ0) is 19.6. The molecule has 1 aliphatic carbocycles. The Bertz CT molecular complexity index is 931. The van der Waals surface area contributed by atoms with E-state index in [1.54, 1.807) is 38.1 Å². The molecule has 1 amide bonds. The highest BCUT2D eigenvalue weighted by Gasteiger charge is 2.43. The van der Waals surface area contributed by atoms with Crippen LogP contribution in [0.3, 0.4) is 0 Å². The molecule has 1 fully saturated rings. The van der Waals surface area contributed by atoms with Gasteiger partial charge in [0.15, 0.2) is 12.3 Å². The lowest BCUT2D eigenvalue weighted by Crippen LogP contribution is -2.48. The van der Waals surface area contributed by atoms with Crippen molar-refractivity contribution < 1.29 is 14.3 Å². The van der Waals surface area contributed by atoms with E-state index in [1.165, 1.54) is 4.80 Å². The summed E-state index contributed by atoms with van der Waals surface area (Å²) in [5, 5.41) is 20.7. The van der Waals surface area contributed by atoms with Gasteiger partial charge in [-0.1, -0.05) is 17.7 Å². The SMILES string of the molecule is Cc1nn(-c2cccc(Cl)c2)nc1C(=O)OCC(=O)N[C@@](C)(C#N)C1CC1. The van der Waals surface area contributed by atoms with Crippen LogP contribution in [0.5, 0.6) is 0 Å². The van der Waals surface area contributed by atoms with Crippen LogP contribution in [-0.2, 0) is 9.53 Å². The van der Waals surface area contributed by atoms with Crippen LogP contribution in [0.25, 0.3) is 5.69 Å². The van der Waals surface area contributed by atoms with Gasteiger partial charge in [-0.05, 0) is 50.8 Å². The first-order valence-electron chi connectivity index (χ1n) is 8.41. The summed E-state index contributed by atoms with van der Waals surface area (Å²) in [6, 6.07) is 8.97. The molecule has 0 radical (unpaired) electrons. The molecule has 0 unspecified atom stereocenters. The summed E-state index contributed by atoms with van der Waals surface area (Å²) in [5.74, 6) is -1.15. The molecule has 2 aromatic rings. The van der Waals surface area contributed by atoms with Gasteiger partial charge in [-0.2, -0.15) is 15.2 Å². The van der Waals surface area contributed by atoms with Crippen LogP contribution in [0, 0.1) is 24.2 Å². The number of hydrogen-bond acceptors (Lipinski definition) is 6. The molecule has 8 nitrogen and oxygen atoms in total. The first-order valence-corrected chi connectivity index (χ1v) is 8.79. The first-order chi connectivity index (χ1) is 12.8. The minimum Gasteiger partial charge on any atom is -0.451 e. The molecule has 1 atom stereocenters. The molecular weight excluding hydrogens is 370 g/mol. The predicted octanol–water partition coefficient (Wildman–Crippen LogP) is 2.19. The number of halogens is 1. The molecule has 0 bridgehead atoms. The van der Waals surface area contributed by atoms with E-state index in [9.17, 15) is 14.9 Å². The number of rotatable bonds is 6. The number of nitriles is 1. The molecule has 1 saturated carbocycles. The summed E-state index contributed by atoms with van der Waals surface area (Å²) in [6.45, 7) is 2.79. The number of aryl methyl sites for hydroxylation is 1. The van der Waals surface area contributed by atoms with Gasteiger partial charge >= 0.3 is 5.97 Å². The monoisotopic (exact) mass is 387 g/mol. The molecule has 0 aliphatic heterocycles. The Balaban J connectivity index is 1.63. The Morgan fingerprint density at radius 2 is 2.19 bits per heavy atom. The maximum absolute atomic E-state index is 12.3. The molecule has 140 valence electrons. The van der Waals surface area contributed by atoms with E-state index in [0.29, 0.717) is 16.4 Å². The fourth-order valence-corrected chi connectivity index (χ4v) is 2.88. The van der Waals surface area contributed by atoms with Crippen molar-refractivity contribution in [1.29, 1.82) is 5.26 Å². The average Bonchev–Trinajstić information content (AvgIpc) is 3.42. The van der Waals surface area contributed by atoms with Crippen LogP contribution < -0.4 is 5.32 Å². The standard InChI is InChI=1S/C18H18ClN5O3/c1-11-16(23-24(22-11)14-5-3-4-13(19)8-14)17(26)27-9-15(25)21-18(2,10-20)12-6-7-12/h3-5,8,12H,6-7,9H2,1-2H3,(H,21,25)/t18-/m0/s1. The van der Waals surface area contributed by atoms with E-state index in [2.05, 4.69) is 21.6 Å². The fourth-order valence-electron chi connectivity index (χ4n) is 2.69. The van der Waals surface area contributed by atoms with Crippen molar-refractivity contribution in [2.75, 3.05) is 6.61 Å². The van der Waals surface area contributed by atoms with Crippen molar-refractivity contribution in [3.05, 3.63) is 40.7 Å². The van der Waals surface area contributed by atoms with E-state index < -0.39 is 24.0 Å². The minimum atomic E-state index is -0.935. The van der Waals surface area contributed by atoms with Crippen LogP contribution in [0.4, 0.5) is 0 Å². The summed E-state index contributed by atoms with van der Waals surface area (Å²) in [7, 11) is 0. The Morgan fingerprint density at radius 3 is 2.81 bits per heavy atom. The Kier molecular flexibility index (Phi) is 5.15. The Morgan fingerprint density at radius 1 is 1.44 bits per heavy atom. The lowest BCUT2D eigenvalue weighted by atomic mass is 9.98. The second-order valence-corrected chi connectivity index (χ2v) is 7.05. The van der Waals surface area contributed by atoms with Crippen molar-refractivity contribution in [2.24, 2.45) is 5.92 Å². The van der Waals surface area contributed by atoms with E-state index in [1.807, 2.05) is 0 Å². The summed E-state index contributed by atoms with van der Waals surface area (Å²) >= 11 is 5.95. The maximum Gasteiger partial charge on any atom is 0.361 e. The van der Waals surface area contributed by atoms with Crippen LogP contribution in [0.2, 0.25) is 5.02 Å². The molecular formula is C18H18ClN5O3. The third kappa shape index (κ3) is 4.26. The molecule has 27 heavy (non-hydrogen) atoms. The Labute approximate surface area is 161 Å². The lowest BCUT2D eigenvalue weighted by molar-refractivity contribution is -0.125. The minimum absolute atomic E-state index is 0.00742. The molecule has 1 N–H and O–H groups in total. The lowest BCUT2D eigenvalue weighted by Gasteiger charge is -2.22. The molecule has 0 spiro atoms. The van der Waals surface area contributed by atoms with E-state index in [0.717, 1.165) is 12.8 Å². The number of benzene rings is 1. The summed E-state index contributed by atoms with van der Waals surface area (Å²) < 4.78 is 5.03. The summed E-state index contributed by atoms with van der Waals surface area (Å²) in [4.78, 5) is 25.6. The maximum atomic E-state index is 12.3. The topological polar surface area (TPSA) is 110 Å². The third-order valence-corrected chi connectivity index (χ3v) is 4.61. The molecule has 9 heteroatoms. The molecule has 1 aliphatic rings. The highest BCUT2D eigenvalue weighted by Crippen LogP contribution is 2.39. The van der Waals surface area contributed by atoms with Gasteiger partial charge in [-0.3, -0.25) is 4.79 Å². The molecule has 3 rings (SSSR count). The van der Waals surface area contributed by atoms with Gasteiger partial charge in [0.05, 0.1) is 17.5 Å². The average molecular weight is 388 g/mol. The van der Waals surface area contributed by atoms with Gasteiger partial charge in [0.2, 0.25) is 0 Å². The molecule has 1 aromatic heterocycles. The number of amides is 1. The van der Waals surface area contributed by atoms with Gasteiger partial charge in [0, 0.05) is 5.02 Å². The first kappa shape index (κ1) is 18.9. The number of carbonyl (C=O) groups is 2. The molecule has 0 saturated heterocycles. The van der Waals surface area contributed by atoms with Crippen molar-refractivity contribution in [3.63, 3.8) is 0 Å². The zero-order valence-electron chi connectivity index (χ0n) is 14.9. The third-order valence-electron chi connectivity index (χ3n) is 4.37. The number of aromatic nitrogens is 3. The quantitative estimate of drug-likeness (QED) is 0.761. The smallest absolute Gasteiger partial charge is 0.361 e. The van der Waals surface area contributed by atoms with E-state index >= 15 is 0 Å². The number of hydrogen-bond donors (Lipinski definition) is 1. The predicted molar refractivity (Wildman–Crippen MR) is 96.3 cm³/mol. The number of nitrogens with zero attached hydrogens (tertiary/aromatic N) is 4. The van der Waals surface area contributed by atoms with Gasteiger partial charge in [0.1, 0.15) is 5.54 Å². The van der Waals surface area contributed by atoms with Crippen molar-refractivity contribution >= 4 is 23.5 Å².